The maximum absolute atomic E-state index is 12.5. The van der Waals surface area contributed by atoms with Gasteiger partial charge >= 0.3 is 6.18 Å². The Morgan fingerprint density at radius 2 is 2.04 bits per heavy atom. The number of nitrogens with zero attached hydrogens (tertiary/aromatic N) is 1. The predicted octanol–water partition coefficient (Wildman–Crippen LogP) is 3.12. The summed E-state index contributed by atoms with van der Waals surface area (Å²) in [6.07, 6.45) is -1.60. The Kier molecular flexibility index (Phi) is 4.90. The van der Waals surface area contributed by atoms with Gasteiger partial charge < -0.3 is 19.5 Å². The molecular weight excluding hydrogens is 335 g/mol. The molecule has 0 amide bonds. The molecular formula is C18H24F3NO3. The van der Waals surface area contributed by atoms with Crippen molar-refractivity contribution in [1.82, 2.24) is 4.90 Å². The number of hydrogen-bond acceptors (Lipinski definition) is 4. The van der Waals surface area contributed by atoms with Crippen LogP contribution in [0.1, 0.15) is 31.2 Å². The number of aliphatic hydroxyl groups is 1. The molecule has 25 heavy (non-hydrogen) atoms. The summed E-state index contributed by atoms with van der Waals surface area (Å²) < 4.78 is 47.8. The van der Waals surface area contributed by atoms with Gasteiger partial charge in [0.25, 0.3) is 0 Å². The molecule has 2 fully saturated rings. The van der Waals surface area contributed by atoms with Gasteiger partial charge in [-0.15, -0.1) is 0 Å². The molecule has 1 aromatic rings. The summed E-state index contributed by atoms with van der Waals surface area (Å²) in [5.74, 6) is 0.411. The summed E-state index contributed by atoms with van der Waals surface area (Å²) in [6, 6.07) is 5.47. The maximum Gasteiger partial charge on any atom is 0.422 e. The first-order valence-corrected chi connectivity index (χ1v) is 8.51. The van der Waals surface area contributed by atoms with E-state index in [4.69, 9.17) is 9.47 Å². The molecule has 3 atom stereocenters. The summed E-state index contributed by atoms with van der Waals surface area (Å²) in [6.45, 7) is -0.440. The number of methoxy groups -OCH3 is 1. The van der Waals surface area contributed by atoms with Gasteiger partial charge in [-0.3, -0.25) is 0 Å². The number of alkyl halides is 3. The molecule has 0 spiro atoms. The van der Waals surface area contributed by atoms with Crippen LogP contribution in [0.25, 0.3) is 0 Å². The van der Waals surface area contributed by atoms with Crippen LogP contribution in [0.2, 0.25) is 0 Å². The average Bonchev–Trinajstić information content (AvgIpc) is 2.90. The molecule has 3 rings (SSSR count). The van der Waals surface area contributed by atoms with E-state index in [0.717, 1.165) is 24.9 Å². The fourth-order valence-electron chi connectivity index (χ4n) is 4.36. The van der Waals surface area contributed by atoms with E-state index in [1.54, 1.807) is 12.1 Å². The van der Waals surface area contributed by atoms with Gasteiger partial charge in [-0.2, -0.15) is 13.2 Å². The van der Waals surface area contributed by atoms with Crippen molar-refractivity contribution in [3.63, 3.8) is 0 Å². The van der Waals surface area contributed by atoms with E-state index in [1.807, 2.05) is 13.1 Å². The average molecular weight is 359 g/mol. The summed E-state index contributed by atoms with van der Waals surface area (Å²) in [4.78, 5) is 2.24. The third kappa shape index (κ3) is 3.58. The fraction of sp³-hybridized carbons (Fsp3) is 0.667. The lowest BCUT2D eigenvalue weighted by atomic mass is 9.65. The van der Waals surface area contributed by atoms with Crippen LogP contribution < -0.4 is 9.47 Å². The second-order valence-electron chi connectivity index (χ2n) is 7.10. The van der Waals surface area contributed by atoms with Crippen molar-refractivity contribution in [2.45, 2.75) is 49.4 Å². The molecule has 1 aliphatic carbocycles. The van der Waals surface area contributed by atoms with E-state index in [0.29, 0.717) is 18.6 Å². The lowest BCUT2D eigenvalue weighted by Crippen LogP contribution is -2.47. The highest BCUT2D eigenvalue weighted by Crippen LogP contribution is 2.49. The van der Waals surface area contributed by atoms with E-state index in [1.165, 1.54) is 7.11 Å². The lowest BCUT2D eigenvalue weighted by Gasteiger charge is -2.43. The zero-order valence-corrected chi connectivity index (χ0v) is 14.5. The van der Waals surface area contributed by atoms with E-state index in [-0.39, 0.29) is 23.3 Å². The van der Waals surface area contributed by atoms with Crippen LogP contribution in [-0.4, -0.2) is 55.6 Å². The predicted molar refractivity (Wildman–Crippen MR) is 87.1 cm³/mol. The molecule has 1 saturated carbocycles. The normalized spacial score (nSPS) is 30.2. The molecule has 1 heterocycles. The molecule has 0 aromatic heterocycles. The molecule has 0 bridgehead atoms. The van der Waals surface area contributed by atoms with E-state index < -0.39 is 12.8 Å². The van der Waals surface area contributed by atoms with Crippen LogP contribution in [0.3, 0.4) is 0 Å². The summed E-state index contributed by atoms with van der Waals surface area (Å²) in [5, 5.41) is 10.0. The number of likely N-dealkylation sites (N-methyl/N-ethyl adjacent to an activating group) is 1. The van der Waals surface area contributed by atoms with Crippen molar-refractivity contribution in [2.24, 2.45) is 0 Å². The molecule has 0 radical (unpaired) electrons. The minimum absolute atomic E-state index is 0.117. The Balaban J connectivity index is 1.93. The Hall–Kier alpha value is -1.47. The second kappa shape index (κ2) is 6.68. The first kappa shape index (κ1) is 18.3. The van der Waals surface area contributed by atoms with Gasteiger partial charge in [0, 0.05) is 11.5 Å². The lowest BCUT2D eigenvalue weighted by molar-refractivity contribution is -0.153. The number of rotatable bonds is 4. The molecule has 1 aromatic carbocycles. The van der Waals surface area contributed by atoms with Crippen LogP contribution in [0, 0.1) is 0 Å². The summed E-state index contributed by atoms with van der Waals surface area (Å²) in [7, 11) is 3.45. The molecule has 4 nitrogen and oxygen atoms in total. The van der Waals surface area contributed by atoms with Crippen LogP contribution in [0.4, 0.5) is 13.2 Å². The minimum Gasteiger partial charge on any atom is -0.493 e. The summed E-state index contributed by atoms with van der Waals surface area (Å²) in [5.41, 5.74) is 0.808. The molecule has 7 heteroatoms. The second-order valence-corrected chi connectivity index (χ2v) is 7.10. The topological polar surface area (TPSA) is 41.9 Å². The highest BCUT2D eigenvalue weighted by Gasteiger charge is 2.50. The fourth-order valence-corrected chi connectivity index (χ4v) is 4.36. The number of likely N-dealkylation sites (tertiary alicyclic amines) is 1. The highest BCUT2D eigenvalue weighted by molar-refractivity contribution is 5.46. The van der Waals surface area contributed by atoms with Crippen molar-refractivity contribution in [1.29, 1.82) is 0 Å². The van der Waals surface area contributed by atoms with Crippen LogP contribution in [0.15, 0.2) is 18.2 Å². The van der Waals surface area contributed by atoms with Crippen LogP contribution in [0.5, 0.6) is 11.5 Å². The largest absolute Gasteiger partial charge is 0.493 e. The standard InChI is InChI=1S/C18H24F3NO3/c1-22-8-7-17(6-5-13(23)10-16(17)22)12-3-4-14(24-2)15(9-12)25-11-18(19,20)21/h3-4,9,13,16,23H,5-8,10-11H2,1-2H3/t13-,16-,17-/m0/s1. The number of ether oxygens (including phenoxy) is 2. The van der Waals surface area contributed by atoms with Crippen LogP contribution in [-0.2, 0) is 5.41 Å². The van der Waals surface area contributed by atoms with Gasteiger partial charge in [-0.1, -0.05) is 6.07 Å². The monoisotopic (exact) mass is 359 g/mol. The number of halogens is 3. The van der Waals surface area contributed by atoms with Gasteiger partial charge in [0.15, 0.2) is 18.1 Å². The van der Waals surface area contributed by atoms with Gasteiger partial charge in [-0.25, -0.2) is 0 Å². The van der Waals surface area contributed by atoms with E-state index in [9.17, 15) is 18.3 Å². The zero-order valence-electron chi connectivity index (χ0n) is 14.5. The van der Waals surface area contributed by atoms with Gasteiger partial charge in [-0.05, 0) is 57.0 Å². The molecule has 2 aliphatic rings. The SMILES string of the molecule is COc1ccc([C@@]23CC[C@H](O)C[C@@H]2N(C)CC3)cc1OCC(F)(F)F. The van der Waals surface area contributed by atoms with E-state index in [2.05, 4.69) is 4.90 Å². The van der Waals surface area contributed by atoms with Crippen molar-refractivity contribution < 1.29 is 27.8 Å². The molecule has 1 saturated heterocycles. The number of hydrogen-bond donors (Lipinski definition) is 1. The Labute approximate surface area is 145 Å². The first-order chi connectivity index (χ1) is 11.7. The maximum atomic E-state index is 12.5. The van der Waals surface area contributed by atoms with Gasteiger partial charge in [0.05, 0.1) is 13.2 Å². The number of aliphatic hydroxyl groups excluding tert-OH is 1. The van der Waals surface area contributed by atoms with Crippen molar-refractivity contribution in [3.05, 3.63) is 23.8 Å². The third-order valence-corrected chi connectivity index (χ3v) is 5.63. The van der Waals surface area contributed by atoms with Gasteiger partial charge in [0.2, 0.25) is 0 Å². The Morgan fingerprint density at radius 3 is 2.72 bits per heavy atom. The van der Waals surface area contributed by atoms with Crippen molar-refractivity contribution >= 4 is 0 Å². The smallest absolute Gasteiger partial charge is 0.422 e. The summed E-state index contributed by atoms with van der Waals surface area (Å²) >= 11 is 0. The highest BCUT2D eigenvalue weighted by atomic mass is 19.4. The van der Waals surface area contributed by atoms with Crippen molar-refractivity contribution in [2.75, 3.05) is 27.3 Å². The number of fused-ring (bicyclic) bond motifs is 1. The Bertz CT molecular complexity index is 622. The van der Waals surface area contributed by atoms with Gasteiger partial charge in [0.1, 0.15) is 0 Å². The Morgan fingerprint density at radius 1 is 1.28 bits per heavy atom. The van der Waals surface area contributed by atoms with Crippen LogP contribution >= 0.6 is 0 Å². The van der Waals surface area contributed by atoms with Crippen molar-refractivity contribution in [3.8, 4) is 11.5 Å². The molecule has 0 unspecified atom stereocenters. The third-order valence-electron chi connectivity index (χ3n) is 5.63. The molecule has 140 valence electrons. The first-order valence-electron chi connectivity index (χ1n) is 8.51. The molecule has 1 N–H and O–H groups in total. The minimum atomic E-state index is -4.40. The van der Waals surface area contributed by atoms with E-state index >= 15 is 0 Å². The quantitative estimate of drug-likeness (QED) is 0.897. The molecule has 1 aliphatic heterocycles. The zero-order chi connectivity index (χ0) is 18.2. The number of benzene rings is 1.